The maximum Gasteiger partial charge on any atom is 0.310 e. The zero-order chi connectivity index (χ0) is 14.2. The summed E-state index contributed by atoms with van der Waals surface area (Å²) in [7, 11) is -2.31. The topological polar surface area (TPSA) is 69.7 Å². The number of hydrogen-bond donors (Lipinski definition) is 0. The van der Waals surface area contributed by atoms with Crippen LogP contribution in [-0.4, -0.2) is 32.9 Å². The molecule has 2 aliphatic carbocycles. The van der Waals surface area contributed by atoms with Crippen molar-refractivity contribution >= 4 is 16.1 Å². The maximum atomic E-state index is 12.2. The number of esters is 1. The minimum atomic E-state index is -3.63. The molecular formula is C13H20O5S. The van der Waals surface area contributed by atoms with E-state index in [1.54, 1.807) is 0 Å². The summed E-state index contributed by atoms with van der Waals surface area (Å²) in [5, 5.41) is -0.687. The predicted molar refractivity (Wildman–Crippen MR) is 67.6 cm³/mol. The van der Waals surface area contributed by atoms with Crippen LogP contribution in [0.25, 0.3) is 0 Å². The van der Waals surface area contributed by atoms with Gasteiger partial charge in [0.25, 0.3) is 10.1 Å². The number of hydrogen-bond acceptors (Lipinski definition) is 5. The second-order valence-electron chi connectivity index (χ2n) is 7.02. The summed E-state index contributed by atoms with van der Waals surface area (Å²) in [5.74, 6) is -0.842. The third-order valence-corrected chi connectivity index (χ3v) is 6.87. The number of fused-ring (bicyclic) bond motifs is 1. The fraction of sp³-hybridized carbons (Fsp3) is 0.923. The first-order valence-electron chi connectivity index (χ1n) is 6.68. The molecule has 0 radical (unpaired) electrons. The zero-order valence-electron chi connectivity index (χ0n) is 11.6. The van der Waals surface area contributed by atoms with Gasteiger partial charge in [-0.25, -0.2) is 0 Å². The average molecular weight is 288 g/mol. The summed E-state index contributed by atoms with van der Waals surface area (Å²) < 4.78 is 34.5. The van der Waals surface area contributed by atoms with Crippen molar-refractivity contribution in [2.75, 3.05) is 7.11 Å². The SMILES string of the molecule is COC(=O)C1C2CC3C(OS(=O)(=O)C31)C2C(C)(C)C. The Hall–Kier alpha value is -0.620. The molecule has 1 aliphatic heterocycles. The van der Waals surface area contributed by atoms with Crippen molar-refractivity contribution in [1.82, 2.24) is 0 Å². The molecule has 3 aliphatic rings. The highest BCUT2D eigenvalue weighted by Crippen LogP contribution is 2.64. The van der Waals surface area contributed by atoms with Crippen molar-refractivity contribution in [3.8, 4) is 0 Å². The van der Waals surface area contributed by atoms with Crippen molar-refractivity contribution in [2.45, 2.75) is 38.5 Å². The third kappa shape index (κ3) is 1.62. The van der Waals surface area contributed by atoms with Crippen molar-refractivity contribution in [3.05, 3.63) is 0 Å². The highest BCUT2D eigenvalue weighted by molar-refractivity contribution is 7.87. The molecule has 0 N–H and O–H groups in total. The Morgan fingerprint density at radius 1 is 1.26 bits per heavy atom. The van der Waals surface area contributed by atoms with E-state index in [1.165, 1.54) is 7.11 Å². The fourth-order valence-corrected chi connectivity index (χ4v) is 6.70. The van der Waals surface area contributed by atoms with Gasteiger partial charge >= 0.3 is 5.97 Å². The van der Waals surface area contributed by atoms with Crippen LogP contribution in [0.1, 0.15) is 27.2 Å². The van der Waals surface area contributed by atoms with E-state index in [0.29, 0.717) is 0 Å². The lowest BCUT2D eigenvalue weighted by atomic mass is 9.67. The van der Waals surface area contributed by atoms with Crippen LogP contribution in [0.15, 0.2) is 0 Å². The minimum Gasteiger partial charge on any atom is -0.469 e. The molecule has 0 aromatic carbocycles. The molecule has 0 aromatic rings. The normalized spacial score (nSPS) is 46.5. The second kappa shape index (κ2) is 3.73. The summed E-state index contributed by atoms with van der Waals surface area (Å²) in [5.41, 5.74) is -0.0822. The van der Waals surface area contributed by atoms with Gasteiger partial charge in [-0.1, -0.05) is 20.8 Å². The quantitative estimate of drug-likeness (QED) is 0.535. The van der Waals surface area contributed by atoms with Gasteiger partial charge in [0.15, 0.2) is 0 Å². The van der Waals surface area contributed by atoms with Crippen LogP contribution >= 0.6 is 0 Å². The molecule has 6 atom stereocenters. The largest absolute Gasteiger partial charge is 0.469 e. The molecule has 3 fully saturated rings. The van der Waals surface area contributed by atoms with Crippen LogP contribution in [0.2, 0.25) is 0 Å². The van der Waals surface area contributed by atoms with E-state index >= 15 is 0 Å². The fourth-order valence-electron chi connectivity index (χ4n) is 4.63. The Morgan fingerprint density at radius 3 is 2.42 bits per heavy atom. The molecule has 2 saturated carbocycles. The summed E-state index contributed by atoms with van der Waals surface area (Å²) in [6.07, 6.45) is 0.511. The van der Waals surface area contributed by atoms with Crippen molar-refractivity contribution in [1.29, 1.82) is 0 Å². The molecule has 1 saturated heterocycles. The van der Waals surface area contributed by atoms with E-state index in [-0.39, 0.29) is 29.3 Å². The Kier molecular flexibility index (Phi) is 2.62. The molecule has 3 rings (SSSR count). The van der Waals surface area contributed by atoms with Crippen molar-refractivity contribution in [3.63, 3.8) is 0 Å². The standard InChI is InChI=1S/C13H20O5S/c1-13(2,3)9-6-5-7-10(9)18-19(15,16)11(7)8(6)12(14)17-4/h6-11H,5H2,1-4H3. The van der Waals surface area contributed by atoms with Crippen LogP contribution in [0, 0.1) is 29.1 Å². The molecule has 5 nitrogen and oxygen atoms in total. The Labute approximate surface area is 113 Å². The predicted octanol–water partition coefficient (Wildman–Crippen LogP) is 1.18. The van der Waals surface area contributed by atoms with E-state index in [2.05, 4.69) is 20.8 Å². The van der Waals surface area contributed by atoms with Crippen molar-refractivity contribution < 1.29 is 22.1 Å². The van der Waals surface area contributed by atoms with Crippen LogP contribution < -0.4 is 0 Å². The third-order valence-electron chi connectivity index (χ3n) is 5.07. The number of carbonyl (C=O) groups is 1. The lowest BCUT2D eigenvalue weighted by Crippen LogP contribution is -2.45. The van der Waals surface area contributed by atoms with Crippen LogP contribution in [-0.2, 0) is 23.8 Å². The Bertz CT molecular complexity index is 518. The van der Waals surface area contributed by atoms with E-state index in [4.69, 9.17) is 8.92 Å². The molecule has 6 heteroatoms. The number of ether oxygens (including phenoxy) is 1. The maximum absolute atomic E-state index is 12.2. The molecule has 108 valence electrons. The van der Waals surface area contributed by atoms with E-state index < -0.39 is 27.3 Å². The van der Waals surface area contributed by atoms with Gasteiger partial charge in [0, 0.05) is 5.92 Å². The molecule has 2 bridgehead atoms. The van der Waals surface area contributed by atoms with Gasteiger partial charge < -0.3 is 4.74 Å². The van der Waals surface area contributed by atoms with Gasteiger partial charge in [0.2, 0.25) is 0 Å². The summed E-state index contributed by atoms with van der Waals surface area (Å²) in [6.45, 7) is 6.24. The Balaban J connectivity index is 2.08. The molecule has 0 amide bonds. The van der Waals surface area contributed by atoms with Gasteiger partial charge in [-0.05, 0) is 23.7 Å². The number of rotatable bonds is 1. The van der Waals surface area contributed by atoms with Gasteiger partial charge in [-0.2, -0.15) is 8.42 Å². The molecule has 19 heavy (non-hydrogen) atoms. The average Bonchev–Trinajstić information content (AvgIpc) is 2.84. The summed E-state index contributed by atoms with van der Waals surface area (Å²) >= 11 is 0. The van der Waals surface area contributed by atoms with Gasteiger partial charge in [-0.15, -0.1) is 0 Å². The van der Waals surface area contributed by atoms with Crippen LogP contribution in [0.5, 0.6) is 0 Å². The van der Waals surface area contributed by atoms with Gasteiger partial charge in [0.05, 0.1) is 19.1 Å². The highest BCUT2D eigenvalue weighted by Gasteiger charge is 2.71. The molecule has 1 heterocycles. The summed E-state index contributed by atoms with van der Waals surface area (Å²) in [4.78, 5) is 12.0. The lowest BCUT2D eigenvalue weighted by molar-refractivity contribution is -0.148. The molecule has 6 unspecified atom stereocenters. The number of methoxy groups -OCH3 is 1. The first kappa shape index (κ1) is 13.4. The smallest absolute Gasteiger partial charge is 0.310 e. The van der Waals surface area contributed by atoms with Gasteiger partial charge in [0.1, 0.15) is 5.25 Å². The molecular weight excluding hydrogens is 268 g/mol. The van der Waals surface area contributed by atoms with E-state index in [1.807, 2.05) is 0 Å². The first-order valence-corrected chi connectivity index (χ1v) is 8.15. The summed E-state index contributed by atoms with van der Waals surface area (Å²) in [6, 6.07) is 0. The second-order valence-corrected chi connectivity index (χ2v) is 8.74. The number of carbonyl (C=O) groups excluding carboxylic acids is 1. The minimum absolute atomic E-state index is 0.0386. The lowest BCUT2D eigenvalue weighted by Gasteiger charge is -2.38. The molecule has 0 aromatic heterocycles. The monoisotopic (exact) mass is 288 g/mol. The molecule has 0 spiro atoms. The zero-order valence-corrected chi connectivity index (χ0v) is 12.4. The van der Waals surface area contributed by atoms with Crippen molar-refractivity contribution in [2.24, 2.45) is 29.1 Å². The van der Waals surface area contributed by atoms with E-state index in [0.717, 1.165) is 6.42 Å². The van der Waals surface area contributed by atoms with Crippen LogP contribution in [0.4, 0.5) is 0 Å². The highest BCUT2D eigenvalue weighted by atomic mass is 32.2. The van der Waals surface area contributed by atoms with E-state index in [9.17, 15) is 13.2 Å². The Morgan fingerprint density at radius 2 is 1.89 bits per heavy atom. The van der Waals surface area contributed by atoms with Crippen LogP contribution in [0.3, 0.4) is 0 Å². The van der Waals surface area contributed by atoms with Gasteiger partial charge in [-0.3, -0.25) is 8.98 Å². The first-order chi connectivity index (χ1) is 8.68.